The topological polar surface area (TPSA) is 66.6 Å². The average Bonchev–Trinajstić information content (AvgIpc) is 2.52. The van der Waals surface area contributed by atoms with Crippen LogP contribution in [0.25, 0.3) is 0 Å². The highest BCUT2D eigenvalue weighted by Gasteiger charge is 2.28. The quantitative estimate of drug-likeness (QED) is 0.901. The van der Waals surface area contributed by atoms with Crippen LogP contribution in [0.15, 0.2) is 18.2 Å². The second-order valence-electron chi connectivity index (χ2n) is 5.92. The van der Waals surface area contributed by atoms with Crippen molar-refractivity contribution in [2.75, 3.05) is 26.2 Å². The third-order valence-corrected chi connectivity index (χ3v) is 4.60. The van der Waals surface area contributed by atoms with Gasteiger partial charge in [-0.25, -0.2) is 0 Å². The number of rotatable bonds is 3. The number of hydrogen-bond acceptors (Lipinski definition) is 3. The fourth-order valence-corrected chi connectivity index (χ4v) is 3.03. The zero-order valence-electron chi connectivity index (χ0n) is 13.3. The van der Waals surface area contributed by atoms with Gasteiger partial charge >= 0.3 is 0 Å². The van der Waals surface area contributed by atoms with Gasteiger partial charge < -0.3 is 15.5 Å². The lowest BCUT2D eigenvalue weighted by Crippen LogP contribution is -2.53. The molecule has 1 aliphatic rings. The van der Waals surface area contributed by atoms with E-state index in [1.165, 1.54) is 0 Å². The molecule has 0 radical (unpaired) electrons. The smallest absolute Gasteiger partial charge is 0.254 e. The van der Waals surface area contributed by atoms with Crippen LogP contribution in [0.5, 0.6) is 0 Å². The van der Waals surface area contributed by atoms with Gasteiger partial charge in [-0.15, -0.1) is 0 Å². The molecule has 1 fully saturated rings. The number of carbonyl (C=O) groups is 2. The second kappa shape index (κ2) is 7.51. The van der Waals surface area contributed by atoms with E-state index < -0.39 is 0 Å². The van der Waals surface area contributed by atoms with Gasteiger partial charge in [0.2, 0.25) is 5.91 Å². The molecule has 0 bridgehead atoms. The number of carbonyl (C=O) groups excluding carboxylic acids is 2. The highest BCUT2D eigenvalue weighted by Crippen LogP contribution is 2.21. The van der Waals surface area contributed by atoms with Crippen LogP contribution in [0.4, 0.5) is 0 Å². The molecule has 2 amide bonds. The molecule has 1 aliphatic heterocycles. The Bertz CT molecular complexity index is 579. The van der Waals surface area contributed by atoms with E-state index in [0.717, 1.165) is 0 Å². The fraction of sp³-hybridized carbons (Fsp3) is 0.500. The van der Waals surface area contributed by atoms with E-state index in [1.54, 1.807) is 28.0 Å². The summed E-state index contributed by atoms with van der Waals surface area (Å²) in [6.07, 6.45) is 0. The summed E-state index contributed by atoms with van der Waals surface area (Å²) >= 11 is 11.9. The van der Waals surface area contributed by atoms with Gasteiger partial charge in [-0.05, 0) is 25.1 Å². The minimum Gasteiger partial charge on any atom is -0.339 e. The maximum Gasteiger partial charge on any atom is 0.254 e. The van der Waals surface area contributed by atoms with Gasteiger partial charge in [0.05, 0.1) is 5.92 Å². The molecule has 0 saturated carbocycles. The van der Waals surface area contributed by atoms with Crippen LogP contribution < -0.4 is 5.73 Å². The highest BCUT2D eigenvalue weighted by molar-refractivity contribution is 6.35. The van der Waals surface area contributed by atoms with Gasteiger partial charge in [0, 0.05) is 47.8 Å². The molecule has 1 saturated heterocycles. The van der Waals surface area contributed by atoms with Crippen LogP contribution in [-0.2, 0) is 4.79 Å². The molecule has 0 spiro atoms. The van der Waals surface area contributed by atoms with Gasteiger partial charge in [0.25, 0.3) is 5.91 Å². The van der Waals surface area contributed by atoms with E-state index in [2.05, 4.69) is 0 Å². The van der Waals surface area contributed by atoms with Crippen LogP contribution in [0.2, 0.25) is 10.0 Å². The van der Waals surface area contributed by atoms with Crippen molar-refractivity contribution >= 4 is 35.0 Å². The first-order valence-corrected chi connectivity index (χ1v) is 8.35. The monoisotopic (exact) mass is 357 g/mol. The fourth-order valence-electron chi connectivity index (χ4n) is 2.50. The molecule has 1 heterocycles. The summed E-state index contributed by atoms with van der Waals surface area (Å²) in [5, 5.41) is 0.862. The molecular formula is C16H21Cl2N3O2. The number of nitrogens with two attached hydrogens (primary N) is 1. The Labute approximate surface area is 146 Å². The minimum atomic E-state index is -0.219. The summed E-state index contributed by atoms with van der Waals surface area (Å²) in [4.78, 5) is 28.3. The molecule has 5 nitrogen and oxygen atoms in total. The molecule has 0 aliphatic carbocycles. The first-order valence-electron chi connectivity index (χ1n) is 7.59. The van der Waals surface area contributed by atoms with E-state index in [-0.39, 0.29) is 23.8 Å². The van der Waals surface area contributed by atoms with Crippen LogP contribution in [0, 0.1) is 5.92 Å². The predicted octanol–water partition coefficient (Wildman–Crippen LogP) is 2.26. The third-order valence-electron chi connectivity index (χ3n) is 4.17. The third kappa shape index (κ3) is 4.37. The van der Waals surface area contributed by atoms with Gasteiger partial charge in [-0.3, -0.25) is 9.59 Å². The Morgan fingerprint density at radius 1 is 1.00 bits per heavy atom. The molecule has 1 aromatic carbocycles. The average molecular weight is 358 g/mol. The van der Waals surface area contributed by atoms with Crippen LogP contribution in [0.3, 0.4) is 0 Å². The standard InChI is InChI=1S/C16H21Cl2N3O2/c1-10(11(2)19)15(22)20-3-5-21(6-4-20)16(23)12-7-13(17)9-14(18)8-12/h7-11H,3-6,19H2,1-2H3. The summed E-state index contributed by atoms with van der Waals surface area (Å²) < 4.78 is 0. The number of piperazine rings is 1. The van der Waals surface area contributed by atoms with Gasteiger partial charge in [0.1, 0.15) is 0 Å². The summed E-state index contributed by atoms with van der Waals surface area (Å²) in [6, 6.07) is 4.61. The maximum absolute atomic E-state index is 12.5. The normalized spacial score (nSPS) is 17.8. The van der Waals surface area contributed by atoms with E-state index in [4.69, 9.17) is 28.9 Å². The van der Waals surface area contributed by atoms with E-state index in [9.17, 15) is 9.59 Å². The highest BCUT2D eigenvalue weighted by atomic mass is 35.5. The summed E-state index contributed by atoms with van der Waals surface area (Å²) in [5.74, 6) is -0.302. The number of halogens is 2. The van der Waals surface area contributed by atoms with Crippen molar-refractivity contribution in [2.45, 2.75) is 19.9 Å². The molecule has 23 heavy (non-hydrogen) atoms. The Kier molecular flexibility index (Phi) is 5.89. The number of benzene rings is 1. The number of nitrogens with zero attached hydrogens (tertiary/aromatic N) is 2. The minimum absolute atomic E-state index is 0.0397. The Hall–Kier alpha value is -1.30. The van der Waals surface area contributed by atoms with Crippen molar-refractivity contribution in [3.8, 4) is 0 Å². The second-order valence-corrected chi connectivity index (χ2v) is 6.80. The van der Waals surface area contributed by atoms with Crippen molar-refractivity contribution in [3.63, 3.8) is 0 Å². The zero-order valence-corrected chi connectivity index (χ0v) is 14.8. The molecule has 2 N–H and O–H groups in total. The number of amides is 2. The Balaban J connectivity index is 1.98. The van der Waals surface area contributed by atoms with Crippen molar-refractivity contribution in [1.82, 2.24) is 9.80 Å². The zero-order chi connectivity index (χ0) is 17.1. The molecule has 0 aromatic heterocycles. The van der Waals surface area contributed by atoms with E-state index in [1.807, 2.05) is 13.8 Å². The predicted molar refractivity (Wildman–Crippen MR) is 91.8 cm³/mol. The Morgan fingerprint density at radius 3 is 1.96 bits per heavy atom. The lowest BCUT2D eigenvalue weighted by molar-refractivity contribution is -0.137. The summed E-state index contributed by atoms with van der Waals surface area (Å²) in [6.45, 7) is 5.65. The first kappa shape index (κ1) is 18.0. The lowest BCUT2D eigenvalue weighted by atomic mass is 10.0. The number of hydrogen-bond donors (Lipinski definition) is 1. The van der Waals surface area contributed by atoms with Crippen LogP contribution >= 0.6 is 23.2 Å². The van der Waals surface area contributed by atoms with Crippen LogP contribution in [-0.4, -0.2) is 53.8 Å². The van der Waals surface area contributed by atoms with Crippen molar-refractivity contribution in [2.24, 2.45) is 11.7 Å². The largest absolute Gasteiger partial charge is 0.339 e. The molecular weight excluding hydrogens is 337 g/mol. The SMILES string of the molecule is CC(N)C(C)C(=O)N1CCN(C(=O)c2cc(Cl)cc(Cl)c2)CC1. The van der Waals surface area contributed by atoms with Crippen molar-refractivity contribution in [1.29, 1.82) is 0 Å². The molecule has 1 aromatic rings. The van der Waals surface area contributed by atoms with Gasteiger partial charge in [-0.1, -0.05) is 30.1 Å². The van der Waals surface area contributed by atoms with Crippen LogP contribution in [0.1, 0.15) is 24.2 Å². The molecule has 2 rings (SSSR count). The lowest BCUT2D eigenvalue weighted by Gasteiger charge is -2.36. The van der Waals surface area contributed by atoms with Crippen molar-refractivity contribution in [3.05, 3.63) is 33.8 Å². The summed E-state index contributed by atoms with van der Waals surface area (Å²) in [5.41, 5.74) is 6.25. The molecule has 7 heteroatoms. The van der Waals surface area contributed by atoms with Gasteiger partial charge in [-0.2, -0.15) is 0 Å². The molecule has 2 atom stereocenters. The van der Waals surface area contributed by atoms with E-state index in [0.29, 0.717) is 41.8 Å². The molecule has 126 valence electrons. The Morgan fingerprint density at radius 2 is 1.48 bits per heavy atom. The van der Waals surface area contributed by atoms with Gasteiger partial charge in [0.15, 0.2) is 0 Å². The molecule has 2 unspecified atom stereocenters. The maximum atomic E-state index is 12.5. The van der Waals surface area contributed by atoms with E-state index >= 15 is 0 Å². The summed E-state index contributed by atoms with van der Waals surface area (Å²) in [7, 11) is 0. The van der Waals surface area contributed by atoms with Crippen molar-refractivity contribution < 1.29 is 9.59 Å². The first-order chi connectivity index (χ1) is 10.8.